The van der Waals surface area contributed by atoms with Crippen molar-refractivity contribution in [2.45, 2.75) is 31.7 Å². The molecule has 1 amide bonds. The van der Waals surface area contributed by atoms with Gasteiger partial charge in [0.25, 0.3) is 11.5 Å². The van der Waals surface area contributed by atoms with Crippen LogP contribution in [-0.2, 0) is 0 Å². The van der Waals surface area contributed by atoms with E-state index in [4.69, 9.17) is 0 Å². The molecule has 2 fully saturated rings. The van der Waals surface area contributed by atoms with E-state index < -0.39 is 0 Å². The Labute approximate surface area is 193 Å². The zero-order valence-electron chi connectivity index (χ0n) is 17.6. The highest BCUT2D eigenvalue weighted by Gasteiger charge is 2.22. The molecule has 0 atom stereocenters. The topological polar surface area (TPSA) is 105 Å². The van der Waals surface area contributed by atoms with E-state index in [2.05, 4.69) is 41.5 Å². The van der Waals surface area contributed by atoms with Gasteiger partial charge in [-0.2, -0.15) is 4.98 Å². The van der Waals surface area contributed by atoms with Crippen molar-refractivity contribution in [2.75, 3.05) is 31.5 Å². The first-order chi connectivity index (χ1) is 15.6. The van der Waals surface area contributed by atoms with Crippen molar-refractivity contribution in [1.29, 1.82) is 0 Å². The summed E-state index contributed by atoms with van der Waals surface area (Å²) in [5.74, 6) is 0.881. The van der Waals surface area contributed by atoms with E-state index in [0.717, 1.165) is 44.2 Å². The second kappa shape index (κ2) is 8.95. The Kier molecular flexibility index (Phi) is 5.88. The smallest absolute Gasteiger partial charge is 0.266 e. The maximum absolute atomic E-state index is 12.9. The van der Waals surface area contributed by atoms with Crippen molar-refractivity contribution in [2.24, 2.45) is 0 Å². The average Bonchev–Trinajstić information content (AvgIpc) is 3.35. The van der Waals surface area contributed by atoms with Crippen molar-refractivity contribution in [3.63, 3.8) is 0 Å². The Morgan fingerprint density at radius 1 is 1.12 bits per heavy atom. The summed E-state index contributed by atoms with van der Waals surface area (Å²) in [4.78, 5) is 40.7. The number of rotatable bonds is 4. The van der Waals surface area contributed by atoms with E-state index in [1.165, 1.54) is 0 Å². The first-order valence-corrected chi connectivity index (χ1v) is 11.7. The van der Waals surface area contributed by atoms with Gasteiger partial charge in [-0.05, 0) is 47.0 Å². The maximum Gasteiger partial charge on any atom is 0.266 e. The molecule has 3 aromatic rings. The highest BCUT2D eigenvalue weighted by atomic mass is 79.9. The summed E-state index contributed by atoms with van der Waals surface area (Å²) in [6.07, 6.45) is 7.46. The summed E-state index contributed by atoms with van der Waals surface area (Å²) in [5, 5.41) is 7.14. The SMILES string of the molecule is O=C(c1ccc(Nc2ncc3cc(Br)c(=O)n(C4CCCC4)c3n2)nc1)N1CCNCC1. The minimum Gasteiger partial charge on any atom is -0.336 e. The number of anilines is 2. The lowest BCUT2D eigenvalue weighted by molar-refractivity contribution is 0.0735. The zero-order valence-corrected chi connectivity index (χ0v) is 19.1. The van der Waals surface area contributed by atoms with E-state index in [9.17, 15) is 9.59 Å². The molecular weight excluding hydrogens is 474 g/mol. The fourth-order valence-electron chi connectivity index (χ4n) is 4.41. The lowest BCUT2D eigenvalue weighted by Crippen LogP contribution is -2.46. The maximum atomic E-state index is 12.9. The summed E-state index contributed by atoms with van der Waals surface area (Å²) >= 11 is 3.38. The van der Waals surface area contributed by atoms with Gasteiger partial charge in [0.05, 0.1) is 10.0 Å². The van der Waals surface area contributed by atoms with E-state index in [-0.39, 0.29) is 17.5 Å². The van der Waals surface area contributed by atoms with Gasteiger partial charge in [-0.25, -0.2) is 9.97 Å². The van der Waals surface area contributed by atoms with Crippen LogP contribution in [0.5, 0.6) is 0 Å². The molecule has 0 spiro atoms. The predicted molar refractivity (Wildman–Crippen MR) is 125 cm³/mol. The molecule has 2 aliphatic rings. The number of hydrogen-bond donors (Lipinski definition) is 2. The summed E-state index contributed by atoms with van der Waals surface area (Å²) in [7, 11) is 0. The number of pyridine rings is 2. The number of carbonyl (C=O) groups is 1. The molecule has 10 heteroatoms. The van der Waals surface area contributed by atoms with Gasteiger partial charge in [0.2, 0.25) is 5.95 Å². The number of nitrogens with one attached hydrogen (secondary N) is 2. The minimum absolute atomic E-state index is 0.0151. The number of nitrogens with zero attached hydrogens (tertiary/aromatic N) is 5. The highest BCUT2D eigenvalue weighted by Crippen LogP contribution is 2.31. The van der Waals surface area contributed by atoms with Crippen LogP contribution in [0.1, 0.15) is 42.1 Å². The van der Waals surface area contributed by atoms with Crippen LogP contribution in [0.3, 0.4) is 0 Å². The lowest BCUT2D eigenvalue weighted by Gasteiger charge is -2.27. The number of hydrogen-bond acceptors (Lipinski definition) is 7. The van der Waals surface area contributed by atoms with Crippen molar-refractivity contribution < 1.29 is 4.79 Å². The molecule has 0 radical (unpaired) electrons. The van der Waals surface area contributed by atoms with Gasteiger partial charge in [-0.3, -0.25) is 14.2 Å². The van der Waals surface area contributed by atoms with Crippen LogP contribution in [0.25, 0.3) is 11.0 Å². The van der Waals surface area contributed by atoms with E-state index in [1.54, 1.807) is 35.2 Å². The van der Waals surface area contributed by atoms with Crippen molar-refractivity contribution in [3.05, 3.63) is 51.0 Å². The van der Waals surface area contributed by atoms with Gasteiger partial charge in [0.1, 0.15) is 11.5 Å². The number of piperazine rings is 1. The summed E-state index contributed by atoms with van der Waals surface area (Å²) in [5.41, 5.74) is 1.10. The zero-order chi connectivity index (χ0) is 22.1. The molecule has 9 nitrogen and oxygen atoms in total. The van der Waals surface area contributed by atoms with Gasteiger partial charge in [0.15, 0.2) is 0 Å². The molecule has 4 heterocycles. The molecule has 1 aliphatic heterocycles. The third-order valence-corrected chi connectivity index (χ3v) is 6.64. The molecule has 0 aromatic carbocycles. The molecular formula is C22H24BrN7O2. The highest BCUT2D eigenvalue weighted by molar-refractivity contribution is 9.10. The Morgan fingerprint density at radius 2 is 1.91 bits per heavy atom. The molecule has 166 valence electrons. The monoisotopic (exact) mass is 497 g/mol. The standard InChI is InChI=1S/C22H24BrN7O2/c23-17-11-15-13-26-22(28-19(15)30(21(17)32)16-3-1-2-4-16)27-18-6-5-14(12-25-18)20(31)29-9-7-24-8-10-29/h5-6,11-13,16,24H,1-4,7-10H2,(H,25,26,27,28). The summed E-state index contributed by atoms with van der Waals surface area (Å²) in [6, 6.07) is 5.42. The number of amides is 1. The van der Waals surface area contributed by atoms with Gasteiger partial charge in [-0.1, -0.05) is 12.8 Å². The molecule has 0 unspecified atom stereocenters. The first kappa shape index (κ1) is 21.0. The summed E-state index contributed by atoms with van der Waals surface area (Å²) in [6.45, 7) is 3.01. The van der Waals surface area contributed by atoms with Crippen LogP contribution in [-0.4, -0.2) is 56.5 Å². The van der Waals surface area contributed by atoms with Crippen molar-refractivity contribution >= 4 is 44.6 Å². The Morgan fingerprint density at radius 3 is 2.62 bits per heavy atom. The second-order valence-electron chi connectivity index (χ2n) is 8.18. The molecule has 5 rings (SSSR count). The van der Waals surface area contributed by atoms with Crippen LogP contribution in [0.15, 0.2) is 39.9 Å². The average molecular weight is 498 g/mol. The van der Waals surface area contributed by atoms with Gasteiger partial charge in [-0.15, -0.1) is 0 Å². The molecule has 1 aliphatic carbocycles. The van der Waals surface area contributed by atoms with Gasteiger partial charge in [0, 0.05) is 50.0 Å². The van der Waals surface area contributed by atoms with Crippen molar-refractivity contribution in [3.8, 4) is 0 Å². The fourth-order valence-corrected chi connectivity index (χ4v) is 4.84. The normalized spacial score (nSPS) is 17.1. The van der Waals surface area contributed by atoms with Gasteiger partial charge < -0.3 is 15.5 Å². The van der Waals surface area contributed by atoms with Crippen LogP contribution in [0.2, 0.25) is 0 Å². The minimum atomic E-state index is -0.0667. The number of carbonyl (C=O) groups excluding carboxylic acids is 1. The van der Waals surface area contributed by atoms with E-state index in [1.807, 2.05) is 4.90 Å². The van der Waals surface area contributed by atoms with Crippen LogP contribution in [0.4, 0.5) is 11.8 Å². The van der Waals surface area contributed by atoms with Crippen LogP contribution in [0, 0.1) is 0 Å². The van der Waals surface area contributed by atoms with E-state index in [0.29, 0.717) is 40.5 Å². The molecule has 0 bridgehead atoms. The summed E-state index contributed by atoms with van der Waals surface area (Å²) < 4.78 is 2.31. The Hall–Kier alpha value is -2.85. The Bertz CT molecular complexity index is 1200. The lowest BCUT2D eigenvalue weighted by atomic mass is 10.2. The predicted octanol–water partition coefficient (Wildman–Crippen LogP) is 2.85. The number of halogens is 1. The Balaban J connectivity index is 1.40. The quantitative estimate of drug-likeness (QED) is 0.570. The largest absolute Gasteiger partial charge is 0.336 e. The first-order valence-electron chi connectivity index (χ1n) is 10.9. The van der Waals surface area contributed by atoms with Crippen LogP contribution >= 0.6 is 15.9 Å². The third-order valence-electron chi connectivity index (χ3n) is 6.07. The third kappa shape index (κ3) is 4.12. The van der Waals surface area contributed by atoms with E-state index >= 15 is 0 Å². The fraction of sp³-hybridized carbons (Fsp3) is 0.409. The van der Waals surface area contributed by atoms with Crippen molar-refractivity contribution in [1.82, 2.24) is 29.7 Å². The number of fused-ring (bicyclic) bond motifs is 1. The van der Waals surface area contributed by atoms with Gasteiger partial charge >= 0.3 is 0 Å². The molecule has 32 heavy (non-hydrogen) atoms. The molecule has 1 saturated heterocycles. The molecule has 1 saturated carbocycles. The number of aromatic nitrogens is 4. The molecule has 2 N–H and O–H groups in total. The molecule has 3 aromatic heterocycles. The second-order valence-corrected chi connectivity index (χ2v) is 9.03. The van der Waals surface area contributed by atoms with Crippen LogP contribution < -0.4 is 16.2 Å².